The minimum absolute atomic E-state index is 0.0242. The third kappa shape index (κ3) is 2.81. The highest BCUT2D eigenvalue weighted by molar-refractivity contribution is 7.16. The van der Waals surface area contributed by atoms with Gasteiger partial charge in [-0.25, -0.2) is 4.79 Å². The van der Waals surface area contributed by atoms with Gasteiger partial charge in [-0.15, -0.1) is 11.3 Å². The summed E-state index contributed by atoms with van der Waals surface area (Å²) in [6, 6.07) is 0. The summed E-state index contributed by atoms with van der Waals surface area (Å²) in [7, 11) is 0. The van der Waals surface area contributed by atoms with Gasteiger partial charge in [-0.2, -0.15) is 0 Å². The Bertz CT molecular complexity index is 501. The molecule has 0 radical (unpaired) electrons. The normalized spacial score (nSPS) is 15.7. The Labute approximate surface area is 116 Å². The second-order valence-electron chi connectivity index (χ2n) is 4.97. The summed E-state index contributed by atoms with van der Waals surface area (Å²) in [5.74, 6) is -0.930. The smallest absolute Gasteiger partial charge is 0.339 e. The van der Waals surface area contributed by atoms with Crippen molar-refractivity contribution in [1.29, 1.82) is 0 Å². The summed E-state index contributed by atoms with van der Waals surface area (Å²) in [6.45, 7) is 3.84. The first kappa shape index (κ1) is 14.1. The number of carbonyl (C=O) groups excluding carboxylic acids is 1. The molecule has 0 aromatic carbocycles. The number of carbonyl (C=O) groups is 2. The molecule has 0 spiro atoms. The number of carboxylic acid groups (broad SMARTS) is 1. The first-order valence-electron chi connectivity index (χ1n) is 6.71. The molecule has 0 bridgehead atoms. The van der Waals surface area contributed by atoms with Crippen molar-refractivity contribution in [3.05, 3.63) is 16.0 Å². The molecule has 0 saturated heterocycles. The average Bonchev–Trinajstić information content (AvgIpc) is 2.96. The number of aromatic carboxylic acids is 1. The molecule has 2 N–H and O–H groups in total. The van der Waals surface area contributed by atoms with Crippen LogP contribution in [-0.2, 0) is 11.2 Å². The van der Waals surface area contributed by atoms with Crippen molar-refractivity contribution in [2.45, 2.75) is 46.0 Å². The Morgan fingerprint density at radius 3 is 2.53 bits per heavy atom. The van der Waals surface area contributed by atoms with Gasteiger partial charge in [-0.1, -0.05) is 19.8 Å². The van der Waals surface area contributed by atoms with Gasteiger partial charge in [0.15, 0.2) is 0 Å². The van der Waals surface area contributed by atoms with Gasteiger partial charge < -0.3 is 10.4 Å². The molecule has 0 atom stereocenters. The summed E-state index contributed by atoms with van der Waals surface area (Å²) in [6.07, 6.45) is 4.68. The van der Waals surface area contributed by atoms with Gasteiger partial charge in [-0.05, 0) is 31.7 Å². The molecule has 1 amide bonds. The molecule has 1 aliphatic rings. The van der Waals surface area contributed by atoms with E-state index in [4.69, 9.17) is 0 Å². The lowest BCUT2D eigenvalue weighted by molar-refractivity contribution is -0.119. The second kappa shape index (κ2) is 5.74. The number of nitrogens with one attached hydrogen (secondary N) is 1. The lowest BCUT2D eigenvalue weighted by atomic mass is 10.1. The van der Waals surface area contributed by atoms with E-state index in [1.165, 1.54) is 11.3 Å². The fourth-order valence-corrected chi connectivity index (χ4v) is 3.86. The van der Waals surface area contributed by atoms with Crippen molar-refractivity contribution in [3.63, 3.8) is 0 Å². The zero-order valence-electron chi connectivity index (χ0n) is 11.3. The maximum absolute atomic E-state index is 12.1. The van der Waals surface area contributed by atoms with E-state index in [0.29, 0.717) is 11.4 Å². The number of aryl methyl sites for hydroxylation is 1. The molecule has 1 fully saturated rings. The van der Waals surface area contributed by atoms with E-state index in [0.717, 1.165) is 36.1 Å². The highest BCUT2D eigenvalue weighted by Crippen LogP contribution is 2.35. The fourth-order valence-electron chi connectivity index (χ4n) is 2.72. The van der Waals surface area contributed by atoms with Crippen LogP contribution in [0.5, 0.6) is 0 Å². The molecule has 4 nitrogen and oxygen atoms in total. The van der Waals surface area contributed by atoms with Crippen molar-refractivity contribution in [1.82, 2.24) is 0 Å². The SMILES string of the molecule is CCc1c(C)sc(NC(=O)C2CCCC2)c1C(=O)O. The molecule has 19 heavy (non-hydrogen) atoms. The predicted molar refractivity (Wildman–Crippen MR) is 76.0 cm³/mol. The van der Waals surface area contributed by atoms with Crippen molar-refractivity contribution in [2.75, 3.05) is 5.32 Å². The second-order valence-corrected chi connectivity index (χ2v) is 6.20. The first-order chi connectivity index (χ1) is 9.04. The Kier molecular flexibility index (Phi) is 4.24. The summed E-state index contributed by atoms with van der Waals surface area (Å²) in [4.78, 5) is 24.4. The number of anilines is 1. The van der Waals surface area contributed by atoms with Crippen LogP contribution in [0.3, 0.4) is 0 Å². The Hall–Kier alpha value is -1.36. The van der Waals surface area contributed by atoms with Crippen molar-refractivity contribution in [3.8, 4) is 0 Å². The third-order valence-electron chi connectivity index (χ3n) is 3.74. The van der Waals surface area contributed by atoms with E-state index in [-0.39, 0.29) is 17.4 Å². The Morgan fingerprint density at radius 2 is 2.00 bits per heavy atom. The lowest BCUT2D eigenvalue weighted by Gasteiger charge is -2.09. The van der Waals surface area contributed by atoms with E-state index in [1.54, 1.807) is 0 Å². The Morgan fingerprint density at radius 1 is 1.37 bits per heavy atom. The molecule has 104 valence electrons. The highest BCUT2D eigenvalue weighted by Gasteiger charge is 2.26. The van der Waals surface area contributed by atoms with Gasteiger partial charge in [0.25, 0.3) is 0 Å². The largest absolute Gasteiger partial charge is 0.478 e. The van der Waals surface area contributed by atoms with Crippen molar-refractivity contribution in [2.24, 2.45) is 5.92 Å². The maximum atomic E-state index is 12.1. The van der Waals surface area contributed by atoms with Crippen LogP contribution in [0.4, 0.5) is 5.00 Å². The van der Waals surface area contributed by atoms with E-state index in [1.807, 2.05) is 13.8 Å². The fraction of sp³-hybridized carbons (Fsp3) is 0.571. The summed E-state index contributed by atoms with van der Waals surface area (Å²) < 4.78 is 0. The van der Waals surface area contributed by atoms with Gasteiger partial charge in [0.05, 0.1) is 5.56 Å². The molecule has 0 unspecified atom stereocenters. The molecular weight excluding hydrogens is 262 g/mol. The summed E-state index contributed by atoms with van der Waals surface area (Å²) in [5, 5.41) is 12.7. The van der Waals surface area contributed by atoms with Crippen LogP contribution in [0.2, 0.25) is 0 Å². The van der Waals surface area contributed by atoms with Crippen LogP contribution < -0.4 is 5.32 Å². The maximum Gasteiger partial charge on any atom is 0.339 e. The van der Waals surface area contributed by atoms with E-state index >= 15 is 0 Å². The predicted octanol–water partition coefficient (Wildman–Crippen LogP) is 3.45. The average molecular weight is 281 g/mol. The van der Waals surface area contributed by atoms with E-state index in [2.05, 4.69) is 5.32 Å². The third-order valence-corrected chi connectivity index (χ3v) is 4.80. The number of thiophene rings is 1. The van der Waals surface area contributed by atoms with E-state index in [9.17, 15) is 14.7 Å². The Balaban J connectivity index is 2.24. The van der Waals surface area contributed by atoms with E-state index < -0.39 is 5.97 Å². The monoisotopic (exact) mass is 281 g/mol. The molecule has 1 saturated carbocycles. The number of hydrogen-bond donors (Lipinski definition) is 2. The molecule has 1 heterocycles. The number of hydrogen-bond acceptors (Lipinski definition) is 3. The van der Waals surface area contributed by atoms with Gasteiger partial charge in [0.1, 0.15) is 5.00 Å². The number of amides is 1. The first-order valence-corrected chi connectivity index (χ1v) is 7.52. The molecule has 2 rings (SSSR count). The molecule has 1 aromatic rings. The number of carboxylic acids is 1. The van der Waals surface area contributed by atoms with Gasteiger partial charge in [-0.3, -0.25) is 4.79 Å². The van der Waals surface area contributed by atoms with Gasteiger partial charge in [0, 0.05) is 10.8 Å². The zero-order chi connectivity index (χ0) is 14.0. The van der Waals surface area contributed by atoms with Crippen LogP contribution >= 0.6 is 11.3 Å². The number of rotatable bonds is 4. The highest BCUT2D eigenvalue weighted by atomic mass is 32.1. The van der Waals surface area contributed by atoms with Crippen LogP contribution in [0, 0.1) is 12.8 Å². The van der Waals surface area contributed by atoms with Crippen LogP contribution in [0.25, 0.3) is 0 Å². The zero-order valence-corrected chi connectivity index (χ0v) is 12.1. The summed E-state index contributed by atoms with van der Waals surface area (Å²) in [5.41, 5.74) is 1.11. The van der Waals surface area contributed by atoms with Crippen molar-refractivity contribution >= 4 is 28.2 Å². The van der Waals surface area contributed by atoms with Gasteiger partial charge in [0.2, 0.25) is 5.91 Å². The lowest BCUT2D eigenvalue weighted by Crippen LogP contribution is -2.21. The van der Waals surface area contributed by atoms with Gasteiger partial charge >= 0.3 is 5.97 Å². The quantitative estimate of drug-likeness (QED) is 0.888. The molecular formula is C14H19NO3S. The standard InChI is InChI=1S/C14H19NO3S/c1-3-10-8(2)19-13(11(10)14(17)18)15-12(16)9-6-4-5-7-9/h9H,3-7H2,1-2H3,(H,15,16)(H,17,18). The minimum Gasteiger partial charge on any atom is -0.478 e. The van der Waals surface area contributed by atoms with Crippen LogP contribution in [-0.4, -0.2) is 17.0 Å². The van der Waals surface area contributed by atoms with Crippen LogP contribution in [0.15, 0.2) is 0 Å². The molecule has 0 aliphatic heterocycles. The topological polar surface area (TPSA) is 66.4 Å². The molecule has 1 aromatic heterocycles. The van der Waals surface area contributed by atoms with Crippen LogP contribution in [0.1, 0.15) is 53.4 Å². The van der Waals surface area contributed by atoms with Crippen molar-refractivity contribution < 1.29 is 14.7 Å². The summed E-state index contributed by atoms with van der Waals surface area (Å²) >= 11 is 1.37. The molecule has 1 aliphatic carbocycles. The minimum atomic E-state index is -0.956. The molecule has 5 heteroatoms.